The third-order valence-electron chi connectivity index (χ3n) is 4.21. The van der Waals surface area contributed by atoms with Crippen LogP contribution in [0.3, 0.4) is 0 Å². The Labute approximate surface area is 170 Å². The molecule has 1 atom stereocenters. The Morgan fingerprint density at radius 1 is 1.25 bits per heavy atom. The molecule has 0 aliphatic rings. The average molecular weight is 419 g/mol. The van der Waals surface area contributed by atoms with Gasteiger partial charge in [-0.05, 0) is 18.6 Å². The molecular weight excluding hydrogens is 404 g/mol. The number of nitrogens with zero attached hydrogens (tertiary/aromatic N) is 5. The second kappa shape index (κ2) is 7.49. The lowest BCUT2D eigenvalue weighted by Gasteiger charge is -2.15. The van der Waals surface area contributed by atoms with Gasteiger partial charge in [0.2, 0.25) is 5.95 Å². The van der Waals surface area contributed by atoms with Crippen LogP contribution in [0, 0.1) is 0 Å². The van der Waals surface area contributed by atoms with Gasteiger partial charge in [0.25, 0.3) is 5.56 Å². The van der Waals surface area contributed by atoms with Crippen molar-refractivity contribution in [3.8, 4) is 5.95 Å². The van der Waals surface area contributed by atoms with E-state index in [9.17, 15) is 9.59 Å². The van der Waals surface area contributed by atoms with Crippen LogP contribution < -0.4 is 5.56 Å². The summed E-state index contributed by atoms with van der Waals surface area (Å²) in [6, 6.07) is 7.05. The summed E-state index contributed by atoms with van der Waals surface area (Å²) in [4.78, 5) is 30.6. The molecule has 2 N–H and O–H groups in total. The maximum absolute atomic E-state index is 12.7. The molecule has 0 bridgehead atoms. The number of carboxylic acid groups (broad SMARTS) is 1. The smallest absolute Gasteiger partial charge is 0.338 e. The molecule has 0 aliphatic heterocycles. The number of hydrogen-bond acceptors (Lipinski definition) is 5. The first kappa shape index (κ1) is 19.6. The van der Waals surface area contributed by atoms with Crippen molar-refractivity contribution in [1.82, 2.24) is 29.5 Å². The zero-order valence-electron chi connectivity index (χ0n) is 14.5. The number of benzene rings is 1. The van der Waals surface area contributed by atoms with E-state index in [1.807, 2.05) is 25.1 Å². The monoisotopic (exact) mass is 418 g/mol. The number of halogens is 1. The van der Waals surface area contributed by atoms with Crippen LogP contribution in [-0.2, 0) is 0 Å². The third-order valence-corrected chi connectivity index (χ3v) is 4.56. The van der Waals surface area contributed by atoms with Crippen LogP contribution in [0.5, 0.6) is 0 Å². The molecule has 0 amide bonds. The van der Waals surface area contributed by atoms with E-state index in [1.165, 1.54) is 23.3 Å². The molecule has 3 aromatic heterocycles. The lowest BCUT2D eigenvalue weighted by atomic mass is 10.1. The minimum absolute atomic E-state index is 0. The molecule has 0 saturated carbocycles. The number of aromatic amines is 1. The third kappa shape index (κ3) is 3.27. The molecule has 9 nitrogen and oxygen atoms in total. The van der Waals surface area contributed by atoms with Gasteiger partial charge >= 0.3 is 5.97 Å². The molecule has 28 heavy (non-hydrogen) atoms. The van der Waals surface area contributed by atoms with E-state index >= 15 is 0 Å². The largest absolute Gasteiger partial charge is 0.478 e. The van der Waals surface area contributed by atoms with Crippen LogP contribution in [0.15, 0.2) is 47.7 Å². The normalized spacial score (nSPS) is 11.9. The summed E-state index contributed by atoms with van der Waals surface area (Å²) in [5.41, 5.74) is 1.04. The van der Waals surface area contributed by atoms with Gasteiger partial charge in [0.05, 0.1) is 24.0 Å². The second-order valence-corrected chi connectivity index (χ2v) is 6.30. The van der Waals surface area contributed by atoms with Crippen molar-refractivity contribution in [2.24, 2.45) is 0 Å². The Morgan fingerprint density at radius 3 is 2.68 bits per heavy atom. The standard InChI is InChI=1S/C17H13ClN6O3.H2S/c1-9(11-4-2-3-5-12(11)18)24-14-13(7-20-24)21-17(22-15(14)25)23-8-10(6-19-23)16(26)27;/h2-9H,1H3,(H,26,27)(H,21,22,25);1H2/t9-;/m0./s1. The van der Waals surface area contributed by atoms with Crippen LogP contribution >= 0.6 is 25.1 Å². The van der Waals surface area contributed by atoms with Gasteiger partial charge in [-0.2, -0.15) is 23.7 Å². The first-order valence-electron chi connectivity index (χ1n) is 7.96. The maximum atomic E-state index is 12.7. The summed E-state index contributed by atoms with van der Waals surface area (Å²) in [5.74, 6) is -1.02. The van der Waals surface area contributed by atoms with Crippen LogP contribution in [0.2, 0.25) is 5.02 Å². The predicted octanol–water partition coefficient (Wildman–Crippen LogP) is 2.38. The highest BCUT2D eigenvalue weighted by molar-refractivity contribution is 7.59. The number of aromatic nitrogens is 6. The van der Waals surface area contributed by atoms with Crippen molar-refractivity contribution in [3.05, 3.63) is 69.4 Å². The minimum atomic E-state index is -1.12. The predicted molar refractivity (Wildman–Crippen MR) is 108 cm³/mol. The van der Waals surface area contributed by atoms with E-state index in [4.69, 9.17) is 16.7 Å². The van der Waals surface area contributed by atoms with E-state index < -0.39 is 11.5 Å². The fraction of sp³-hybridized carbons (Fsp3) is 0.118. The van der Waals surface area contributed by atoms with Gasteiger partial charge in [0, 0.05) is 11.2 Å². The molecule has 0 unspecified atom stereocenters. The van der Waals surface area contributed by atoms with Crippen LogP contribution in [0.1, 0.15) is 28.9 Å². The van der Waals surface area contributed by atoms with E-state index in [2.05, 4.69) is 20.2 Å². The SMILES string of the molecule is C[C@@H](c1ccccc1Cl)n1ncc2nc(-n3cc(C(=O)O)cn3)[nH]c(=O)c21.S. The Kier molecular flexibility index (Phi) is 5.25. The van der Waals surface area contributed by atoms with Crippen LogP contribution in [0.25, 0.3) is 17.0 Å². The van der Waals surface area contributed by atoms with Crippen molar-refractivity contribution in [3.63, 3.8) is 0 Å². The van der Waals surface area contributed by atoms with Crippen molar-refractivity contribution < 1.29 is 9.90 Å². The van der Waals surface area contributed by atoms with Gasteiger partial charge in [-0.3, -0.25) is 14.5 Å². The minimum Gasteiger partial charge on any atom is -0.478 e. The Morgan fingerprint density at radius 2 is 2.00 bits per heavy atom. The summed E-state index contributed by atoms with van der Waals surface area (Å²) < 4.78 is 2.75. The molecule has 0 fully saturated rings. The highest BCUT2D eigenvalue weighted by Crippen LogP contribution is 2.26. The van der Waals surface area contributed by atoms with Gasteiger partial charge in [-0.15, -0.1) is 0 Å². The summed E-state index contributed by atoms with van der Waals surface area (Å²) in [5, 5.41) is 17.8. The van der Waals surface area contributed by atoms with Gasteiger partial charge in [0.15, 0.2) is 5.52 Å². The first-order valence-corrected chi connectivity index (χ1v) is 8.34. The summed E-state index contributed by atoms with van der Waals surface area (Å²) in [6.45, 7) is 1.88. The van der Waals surface area contributed by atoms with Crippen LogP contribution in [-0.4, -0.2) is 40.6 Å². The number of fused-ring (bicyclic) bond motifs is 1. The number of aromatic carboxylic acids is 1. The zero-order valence-corrected chi connectivity index (χ0v) is 16.3. The van der Waals surface area contributed by atoms with E-state index in [1.54, 1.807) is 10.7 Å². The molecule has 1 aromatic carbocycles. The van der Waals surface area contributed by atoms with Crippen molar-refractivity contribution in [2.75, 3.05) is 0 Å². The maximum Gasteiger partial charge on any atom is 0.338 e. The van der Waals surface area contributed by atoms with Crippen molar-refractivity contribution in [2.45, 2.75) is 13.0 Å². The van der Waals surface area contributed by atoms with Crippen LogP contribution in [0.4, 0.5) is 0 Å². The topological polar surface area (TPSA) is 119 Å². The van der Waals surface area contributed by atoms with Crippen molar-refractivity contribution in [1.29, 1.82) is 0 Å². The molecule has 0 aliphatic carbocycles. The molecule has 0 spiro atoms. The van der Waals surface area contributed by atoms with Gasteiger partial charge < -0.3 is 5.11 Å². The zero-order chi connectivity index (χ0) is 19.1. The number of nitrogens with one attached hydrogen (secondary N) is 1. The molecule has 11 heteroatoms. The summed E-state index contributed by atoms with van der Waals surface area (Å²) in [6.07, 6.45) is 3.92. The second-order valence-electron chi connectivity index (χ2n) is 5.89. The van der Waals surface area contributed by atoms with Crippen molar-refractivity contribution >= 4 is 42.1 Å². The number of H-pyrrole nitrogens is 1. The Hall–Kier alpha value is -3.11. The quantitative estimate of drug-likeness (QED) is 0.525. The highest BCUT2D eigenvalue weighted by Gasteiger charge is 2.19. The number of hydrogen-bond donors (Lipinski definition) is 2. The summed E-state index contributed by atoms with van der Waals surface area (Å²) >= 11 is 6.26. The highest BCUT2D eigenvalue weighted by atomic mass is 35.5. The number of rotatable bonds is 4. The van der Waals surface area contributed by atoms with Gasteiger partial charge in [-0.25, -0.2) is 14.5 Å². The number of carboxylic acids is 1. The lowest BCUT2D eigenvalue weighted by Crippen LogP contribution is -2.19. The van der Waals surface area contributed by atoms with Gasteiger partial charge in [-0.1, -0.05) is 29.8 Å². The number of carbonyl (C=O) groups is 1. The molecule has 4 rings (SSSR count). The molecular formula is C17H15ClN6O3S. The Balaban J connectivity index is 0.00000225. The summed E-state index contributed by atoms with van der Waals surface area (Å²) in [7, 11) is 0. The molecule has 3 heterocycles. The van der Waals surface area contributed by atoms with E-state index in [0.717, 1.165) is 5.56 Å². The average Bonchev–Trinajstić information content (AvgIpc) is 3.29. The fourth-order valence-electron chi connectivity index (χ4n) is 2.85. The molecule has 0 saturated heterocycles. The van der Waals surface area contributed by atoms with E-state index in [0.29, 0.717) is 10.5 Å². The molecule has 4 aromatic rings. The lowest BCUT2D eigenvalue weighted by molar-refractivity contribution is 0.0697. The molecule has 0 radical (unpaired) electrons. The Bertz CT molecular complexity index is 1230. The fourth-order valence-corrected chi connectivity index (χ4v) is 3.15. The first-order chi connectivity index (χ1) is 13.0. The van der Waals surface area contributed by atoms with Gasteiger partial charge in [0.1, 0.15) is 5.52 Å². The molecule has 144 valence electrons. The van der Waals surface area contributed by atoms with E-state index in [-0.39, 0.29) is 36.6 Å².